The zero-order valence-corrected chi connectivity index (χ0v) is 4.33. The van der Waals surface area contributed by atoms with E-state index in [1.165, 1.54) is 0 Å². The van der Waals surface area contributed by atoms with Gasteiger partial charge >= 0.3 is 0 Å². The molecule has 1 unspecified atom stereocenters. The Kier molecular flexibility index (Phi) is 1.20. The molecule has 0 saturated heterocycles. The summed E-state index contributed by atoms with van der Waals surface area (Å²) in [6.45, 7) is 2.10. The Balaban J connectivity index is 2.44. The summed E-state index contributed by atoms with van der Waals surface area (Å²) >= 11 is 0. The van der Waals surface area contributed by atoms with E-state index in [4.69, 9.17) is 0 Å². The Morgan fingerprint density at radius 3 is 2.86 bits per heavy atom. The molecule has 38 valence electrons. The van der Waals surface area contributed by atoms with E-state index >= 15 is 0 Å². The van der Waals surface area contributed by atoms with Crippen LogP contribution in [-0.2, 0) is 0 Å². The molecule has 0 spiro atoms. The average Bonchev–Trinajstić information content (AvgIpc) is 2.14. The van der Waals surface area contributed by atoms with Crippen molar-refractivity contribution in [1.82, 2.24) is 0 Å². The molecule has 0 aromatic heterocycles. The van der Waals surface area contributed by atoms with Crippen LogP contribution in [0.3, 0.4) is 0 Å². The maximum Gasteiger partial charge on any atom is 0.110 e. The van der Waals surface area contributed by atoms with Crippen molar-refractivity contribution < 1.29 is 0 Å². The molecule has 0 fully saturated rings. The van der Waals surface area contributed by atoms with Gasteiger partial charge in [-0.2, -0.15) is 0 Å². The molecule has 1 aliphatic heterocycles. The Hall–Kier alpha value is -0.660. The highest BCUT2D eigenvalue weighted by molar-refractivity contribution is 5.82. The first-order valence-corrected chi connectivity index (χ1v) is 2.48. The number of hydrogen-bond acceptors (Lipinski definition) is 2. The second kappa shape index (κ2) is 1.87. The van der Waals surface area contributed by atoms with Gasteiger partial charge in [0.05, 0.1) is 6.04 Å². The SMILES string of the molecule is CCC1C=NC=N1. The minimum absolute atomic E-state index is 0.375. The number of hydrogen-bond donors (Lipinski definition) is 0. The summed E-state index contributed by atoms with van der Waals surface area (Å²) < 4.78 is 0. The second-order valence-electron chi connectivity index (χ2n) is 1.54. The molecule has 0 bridgehead atoms. The van der Waals surface area contributed by atoms with Crippen LogP contribution in [0.1, 0.15) is 13.3 Å². The van der Waals surface area contributed by atoms with Crippen LogP contribution in [-0.4, -0.2) is 18.6 Å². The maximum atomic E-state index is 4.01. The van der Waals surface area contributed by atoms with E-state index in [2.05, 4.69) is 16.9 Å². The molecule has 1 heterocycles. The summed E-state index contributed by atoms with van der Waals surface area (Å²) in [5.41, 5.74) is 0. The van der Waals surface area contributed by atoms with Crippen LogP contribution in [0.2, 0.25) is 0 Å². The maximum absolute atomic E-state index is 4.01. The fraction of sp³-hybridized carbons (Fsp3) is 0.600. The van der Waals surface area contributed by atoms with Crippen molar-refractivity contribution >= 4 is 12.6 Å². The lowest BCUT2D eigenvalue weighted by Gasteiger charge is -1.91. The van der Waals surface area contributed by atoms with Crippen LogP contribution >= 0.6 is 0 Å². The summed E-state index contributed by atoms with van der Waals surface area (Å²) in [5, 5.41) is 0. The number of rotatable bonds is 1. The first-order chi connectivity index (χ1) is 3.43. The Bertz CT molecular complexity index is 92.6. The second-order valence-corrected chi connectivity index (χ2v) is 1.54. The molecule has 0 aromatic rings. The molecule has 0 saturated carbocycles. The van der Waals surface area contributed by atoms with Crippen LogP contribution in [0.5, 0.6) is 0 Å². The Morgan fingerprint density at radius 1 is 1.71 bits per heavy atom. The van der Waals surface area contributed by atoms with E-state index < -0.39 is 0 Å². The van der Waals surface area contributed by atoms with Gasteiger partial charge in [-0.05, 0) is 6.42 Å². The third kappa shape index (κ3) is 0.856. The lowest BCUT2D eigenvalue weighted by Crippen LogP contribution is -1.97. The van der Waals surface area contributed by atoms with Gasteiger partial charge in [0.1, 0.15) is 6.34 Å². The van der Waals surface area contributed by atoms with E-state index in [1.807, 2.05) is 6.21 Å². The topological polar surface area (TPSA) is 24.7 Å². The van der Waals surface area contributed by atoms with Crippen molar-refractivity contribution in [3.8, 4) is 0 Å². The number of aliphatic imine (C=N–C) groups is 2. The molecule has 0 N–H and O–H groups in total. The Morgan fingerprint density at radius 2 is 2.57 bits per heavy atom. The third-order valence-corrected chi connectivity index (χ3v) is 1.00. The summed E-state index contributed by atoms with van der Waals surface area (Å²) in [7, 11) is 0. The molecule has 0 radical (unpaired) electrons. The van der Waals surface area contributed by atoms with Gasteiger partial charge in [0.2, 0.25) is 0 Å². The van der Waals surface area contributed by atoms with Crippen LogP contribution in [0.15, 0.2) is 9.98 Å². The molecule has 1 aliphatic rings. The van der Waals surface area contributed by atoms with Gasteiger partial charge in [-0.25, -0.2) is 4.99 Å². The van der Waals surface area contributed by atoms with Gasteiger partial charge in [-0.3, -0.25) is 4.99 Å². The quantitative estimate of drug-likeness (QED) is 0.463. The van der Waals surface area contributed by atoms with E-state index in [1.54, 1.807) is 6.34 Å². The molecule has 1 rings (SSSR count). The fourth-order valence-electron chi connectivity index (χ4n) is 0.511. The predicted molar refractivity (Wildman–Crippen MR) is 31.1 cm³/mol. The highest BCUT2D eigenvalue weighted by Gasteiger charge is 1.99. The lowest BCUT2D eigenvalue weighted by atomic mass is 10.3. The summed E-state index contributed by atoms with van der Waals surface area (Å²) in [4.78, 5) is 7.83. The van der Waals surface area contributed by atoms with Crippen molar-refractivity contribution in [1.29, 1.82) is 0 Å². The van der Waals surface area contributed by atoms with Gasteiger partial charge in [0, 0.05) is 6.21 Å². The molecule has 0 aromatic carbocycles. The van der Waals surface area contributed by atoms with Gasteiger partial charge in [-0.15, -0.1) is 0 Å². The molecule has 0 amide bonds. The monoisotopic (exact) mass is 96.1 g/mol. The van der Waals surface area contributed by atoms with Crippen molar-refractivity contribution in [2.75, 3.05) is 0 Å². The van der Waals surface area contributed by atoms with Crippen LogP contribution in [0, 0.1) is 0 Å². The highest BCUT2D eigenvalue weighted by atomic mass is 14.9. The molecular weight excluding hydrogens is 88.1 g/mol. The third-order valence-electron chi connectivity index (χ3n) is 1.00. The predicted octanol–water partition coefficient (Wildman–Crippen LogP) is 0.878. The average molecular weight is 96.1 g/mol. The van der Waals surface area contributed by atoms with Crippen LogP contribution < -0.4 is 0 Å². The van der Waals surface area contributed by atoms with Crippen molar-refractivity contribution in [2.24, 2.45) is 9.98 Å². The highest BCUT2D eigenvalue weighted by Crippen LogP contribution is 1.96. The van der Waals surface area contributed by atoms with Crippen LogP contribution in [0.4, 0.5) is 0 Å². The smallest absolute Gasteiger partial charge is 0.110 e. The normalized spacial score (nSPS) is 26.7. The minimum Gasteiger partial charge on any atom is -0.264 e. The molecule has 1 atom stereocenters. The fourth-order valence-corrected chi connectivity index (χ4v) is 0.511. The zero-order chi connectivity index (χ0) is 5.11. The molecular formula is C5H8N2. The van der Waals surface area contributed by atoms with Gasteiger partial charge < -0.3 is 0 Å². The summed E-state index contributed by atoms with van der Waals surface area (Å²) in [6.07, 6.45) is 4.54. The molecule has 0 aliphatic carbocycles. The zero-order valence-electron chi connectivity index (χ0n) is 4.33. The minimum atomic E-state index is 0.375. The van der Waals surface area contributed by atoms with E-state index in [0.717, 1.165) is 6.42 Å². The lowest BCUT2D eigenvalue weighted by molar-refractivity contribution is 0.850. The summed E-state index contributed by atoms with van der Waals surface area (Å²) in [6, 6.07) is 0.375. The van der Waals surface area contributed by atoms with Crippen molar-refractivity contribution in [3.05, 3.63) is 0 Å². The number of nitrogens with zero attached hydrogens (tertiary/aromatic N) is 2. The van der Waals surface area contributed by atoms with Crippen LogP contribution in [0.25, 0.3) is 0 Å². The van der Waals surface area contributed by atoms with Gasteiger partial charge in [-0.1, -0.05) is 6.92 Å². The molecule has 2 heteroatoms. The molecule has 2 nitrogen and oxygen atoms in total. The first-order valence-electron chi connectivity index (χ1n) is 2.48. The van der Waals surface area contributed by atoms with E-state index in [-0.39, 0.29) is 0 Å². The molecule has 7 heavy (non-hydrogen) atoms. The van der Waals surface area contributed by atoms with E-state index in [0.29, 0.717) is 6.04 Å². The standard InChI is InChI=1S/C5H8N2/c1-2-5-3-6-4-7-5/h3-5H,2H2,1H3. The largest absolute Gasteiger partial charge is 0.264 e. The van der Waals surface area contributed by atoms with Crippen molar-refractivity contribution in [3.63, 3.8) is 0 Å². The van der Waals surface area contributed by atoms with Gasteiger partial charge in [0.15, 0.2) is 0 Å². The van der Waals surface area contributed by atoms with Crippen molar-refractivity contribution in [2.45, 2.75) is 19.4 Å². The Labute approximate surface area is 43.0 Å². The van der Waals surface area contributed by atoms with E-state index in [9.17, 15) is 0 Å². The van der Waals surface area contributed by atoms with Gasteiger partial charge in [0.25, 0.3) is 0 Å². The first kappa shape index (κ1) is 4.50. The summed E-state index contributed by atoms with van der Waals surface area (Å²) in [5.74, 6) is 0.